The first-order valence-electron chi connectivity index (χ1n) is 4.99. The van der Waals surface area contributed by atoms with E-state index in [1.807, 2.05) is 0 Å². The molecule has 1 atom stereocenters. The molecule has 6 heteroatoms. The number of aromatic nitrogens is 2. The van der Waals surface area contributed by atoms with Gasteiger partial charge >= 0.3 is 5.97 Å². The molecule has 0 radical (unpaired) electrons. The Hall–Kier alpha value is -1.20. The summed E-state index contributed by atoms with van der Waals surface area (Å²) in [6.45, 7) is 1.44. The van der Waals surface area contributed by atoms with E-state index in [1.54, 1.807) is 0 Å². The molecule has 1 fully saturated rings. The molecule has 16 heavy (non-hydrogen) atoms. The van der Waals surface area contributed by atoms with Crippen molar-refractivity contribution in [2.75, 3.05) is 13.2 Å². The van der Waals surface area contributed by atoms with Gasteiger partial charge in [-0.25, -0.2) is 14.8 Å². The molecule has 86 valence electrons. The van der Waals surface area contributed by atoms with Gasteiger partial charge in [0.2, 0.25) is 0 Å². The molecule has 2 heterocycles. The molecule has 1 aromatic rings. The van der Waals surface area contributed by atoms with Crippen molar-refractivity contribution >= 4 is 17.6 Å². The molecule has 5 nitrogen and oxygen atoms in total. The highest BCUT2D eigenvalue weighted by Crippen LogP contribution is 2.18. The molecular weight excluding hydrogens is 232 g/mol. The third kappa shape index (κ3) is 2.48. The van der Waals surface area contributed by atoms with Gasteiger partial charge in [0.15, 0.2) is 5.69 Å². The summed E-state index contributed by atoms with van der Waals surface area (Å²) < 4.78 is 5.23. The minimum absolute atomic E-state index is 0.0684. The lowest BCUT2D eigenvalue weighted by atomic mass is 10.0. The van der Waals surface area contributed by atoms with Gasteiger partial charge in [-0.1, -0.05) is 11.6 Å². The van der Waals surface area contributed by atoms with Crippen LogP contribution < -0.4 is 0 Å². The average Bonchev–Trinajstić information content (AvgIpc) is 2.73. The first-order chi connectivity index (χ1) is 7.66. The van der Waals surface area contributed by atoms with Crippen molar-refractivity contribution in [1.29, 1.82) is 0 Å². The maximum absolute atomic E-state index is 10.8. The van der Waals surface area contributed by atoms with Crippen LogP contribution in [0.4, 0.5) is 0 Å². The van der Waals surface area contributed by atoms with Crippen molar-refractivity contribution in [2.24, 2.45) is 5.92 Å². The number of hydrogen-bond donors (Lipinski definition) is 1. The summed E-state index contributed by atoms with van der Waals surface area (Å²) in [5, 5.41) is 8.92. The van der Waals surface area contributed by atoms with Crippen LogP contribution in [0.2, 0.25) is 5.02 Å². The maximum Gasteiger partial charge on any atom is 0.356 e. The number of hydrogen-bond acceptors (Lipinski definition) is 4. The van der Waals surface area contributed by atoms with Gasteiger partial charge in [-0.05, 0) is 12.3 Å². The zero-order valence-corrected chi connectivity index (χ0v) is 9.28. The molecule has 0 saturated carbocycles. The van der Waals surface area contributed by atoms with Gasteiger partial charge in [-0.2, -0.15) is 0 Å². The van der Waals surface area contributed by atoms with E-state index in [0.717, 1.165) is 13.0 Å². The van der Waals surface area contributed by atoms with Crippen LogP contribution in [0.15, 0.2) is 6.20 Å². The zero-order chi connectivity index (χ0) is 11.5. The summed E-state index contributed by atoms with van der Waals surface area (Å²) in [5.74, 6) is -0.239. The van der Waals surface area contributed by atoms with Gasteiger partial charge in [0.05, 0.1) is 11.2 Å². The van der Waals surface area contributed by atoms with Crippen LogP contribution in [0.5, 0.6) is 0 Å². The van der Waals surface area contributed by atoms with E-state index in [4.69, 9.17) is 21.4 Å². The lowest BCUT2D eigenvalue weighted by Gasteiger charge is -2.06. The van der Waals surface area contributed by atoms with Crippen LogP contribution >= 0.6 is 11.6 Å². The Labute approximate surface area is 97.4 Å². The molecule has 0 spiro atoms. The van der Waals surface area contributed by atoms with Gasteiger partial charge in [-0.15, -0.1) is 0 Å². The normalized spacial score (nSPS) is 19.9. The fourth-order valence-electron chi connectivity index (χ4n) is 1.65. The molecule has 0 bridgehead atoms. The predicted octanol–water partition coefficient (Wildman–Crippen LogP) is 1.41. The molecule has 2 rings (SSSR count). The maximum atomic E-state index is 10.8. The Morgan fingerprint density at radius 1 is 1.69 bits per heavy atom. The number of rotatable bonds is 3. The van der Waals surface area contributed by atoms with Crippen LogP contribution in [-0.2, 0) is 11.2 Å². The molecule has 1 aromatic heterocycles. The molecule has 1 unspecified atom stereocenters. The number of carbonyl (C=O) groups is 1. The molecule has 0 aliphatic carbocycles. The van der Waals surface area contributed by atoms with Gasteiger partial charge in [0.1, 0.15) is 5.82 Å². The summed E-state index contributed by atoms with van der Waals surface area (Å²) in [6.07, 6.45) is 2.94. The summed E-state index contributed by atoms with van der Waals surface area (Å²) >= 11 is 5.68. The molecule has 1 aliphatic heterocycles. The monoisotopic (exact) mass is 242 g/mol. The average molecular weight is 243 g/mol. The largest absolute Gasteiger partial charge is 0.476 e. The number of halogens is 1. The Morgan fingerprint density at radius 2 is 2.50 bits per heavy atom. The highest BCUT2D eigenvalue weighted by molar-refractivity contribution is 6.33. The number of aromatic carboxylic acids is 1. The Kier molecular flexibility index (Phi) is 3.36. The second-order valence-corrected chi connectivity index (χ2v) is 4.13. The van der Waals surface area contributed by atoms with Crippen LogP contribution in [0, 0.1) is 5.92 Å². The minimum Gasteiger partial charge on any atom is -0.476 e. The summed E-state index contributed by atoms with van der Waals surface area (Å²) in [5.41, 5.74) is -0.134. The van der Waals surface area contributed by atoms with E-state index in [0.29, 0.717) is 24.8 Å². The topological polar surface area (TPSA) is 72.3 Å². The lowest BCUT2D eigenvalue weighted by molar-refractivity contribution is 0.0690. The number of ether oxygens (including phenoxy) is 1. The van der Waals surface area contributed by atoms with Gasteiger partial charge in [0, 0.05) is 19.6 Å². The second-order valence-electron chi connectivity index (χ2n) is 3.72. The van der Waals surface area contributed by atoms with E-state index < -0.39 is 5.97 Å². The first kappa shape index (κ1) is 11.3. The fraction of sp³-hybridized carbons (Fsp3) is 0.500. The van der Waals surface area contributed by atoms with Crippen LogP contribution in [0.1, 0.15) is 22.7 Å². The highest BCUT2D eigenvalue weighted by Gasteiger charge is 2.19. The zero-order valence-electron chi connectivity index (χ0n) is 8.52. The number of nitrogens with zero attached hydrogens (tertiary/aromatic N) is 2. The molecular formula is C10H11ClN2O3. The van der Waals surface area contributed by atoms with Crippen LogP contribution in [-0.4, -0.2) is 34.3 Å². The van der Waals surface area contributed by atoms with Crippen molar-refractivity contribution in [1.82, 2.24) is 9.97 Å². The SMILES string of the molecule is O=C(O)c1nc(CC2CCOC2)ncc1Cl. The smallest absolute Gasteiger partial charge is 0.356 e. The van der Waals surface area contributed by atoms with Crippen molar-refractivity contribution < 1.29 is 14.6 Å². The van der Waals surface area contributed by atoms with Crippen molar-refractivity contribution in [3.63, 3.8) is 0 Å². The Morgan fingerprint density at radius 3 is 3.12 bits per heavy atom. The standard InChI is InChI=1S/C10H11ClN2O3/c11-7-4-12-8(13-9(7)10(14)15)3-6-1-2-16-5-6/h4,6H,1-3,5H2,(H,14,15). The fourth-order valence-corrected chi connectivity index (χ4v) is 1.83. The Balaban J connectivity index is 2.15. The molecule has 0 aromatic carbocycles. The van der Waals surface area contributed by atoms with E-state index in [-0.39, 0.29) is 10.7 Å². The van der Waals surface area contributed by atoms with E-state index >= 15 is 0 Å². The Bertz CT molecular complexity index is 405. The molecule has 1 saturated heterocycles. The van der Waals surface area contributed by atoms with Crippen molar-refractivity contribution in [2.45, 2.75) is 12.8 Å². The quantitative estimate of drug-likeness (QED) is 0.868. The lowest BCUT2D eigenvalue weighted by Crippen LogP contribution is -2.11. The molecule has 1 N–H and O–H groups in total. The summed E-state index contributed by atoms with van der Waals surface area (Å²) in [4.78, 5) is 18.8. The van der Waals surface area contributed by atoms with E-state index in [2.05, 4.69) is 9.97 Å². The minimum atomic E-state index is -1.13. The van der Waals surface area contributed by atoms with Gasteiger partial charge < -0.3 is 9.84 Å². The summed E-state index contributed by atoms with van der Waals surface area (Å²) in [7, 11) is 0. The first-order valence-corrected chi connectivity index (χ1v) is 5.37. The highest BCUT2D eigenvalue weighted by atomic mass is 35.5. The van der Waals surface area contributed by atoms with Gasteiger partial charge in [-0.3, -0.25) is 0 Å². The number of carboxylic acid groups (broad SMARTS) is 1. The molecule has 1 aliphatic rings. The second kappa shape index (κ2) is 4.76. The van der Waals surface area contributed by atoms with Crippen LogP contribution in [0.3, 0.4) is 0 Å². The van der Waals surface area contributed by atoms with Crippen molar-refractivity contribution in [3.05, 3.63) is 22.7 Å². The van der Waals surface area contributed by atoms with E-state index in [1.165, 1.54) is 6.20 Å². The summed E-state index contributed by atoms with van der Waals surface area (Å²) in [6, 6.07) is 0. The third-order valence-electron chi connectivity index (χ3n) is 2.49. The molecule has 0 amide bonds. The van der Waals surface area contributed by atoms with Crippen molar-refractivity contribution in [3.8, 4) is 0 Å². The van der Waals surface area contributed by atoms with Gasteiger partial charge in [0.25, 0.3) is 0 Å². The number of carboxylic acids is 1. The predicted molar refractivity (Wildman–Crippen MR) is 56.6 cm³/mol. The van der Waals surface area contributed by atoms with E-state index in [9.17, 15) is 4.79 Å². The van der Waals surface area contributed by atoms with Crippen LogP contribution in [0.25, 0.3) is 0 Å². The third-order valence-corrected chi connectivity index (χ3v) is 2.77.